The second-order valence-corrected chi connectivity index (χ2v) is 5.72. The second kappa shape index (κ2) is 9.67. The minimum atomic E-state index is -1.12. The van der Waals surface area contributed by atoms with Gasteiger partial charge in [-0.2, -0.15) is 0 Å². The van der Waals surface area contributed by atoms with Crippen LogP contribution >= 0.6 is 0 Å². The van der Waals surface area contributed by atoms with Crippen molar-refractivity contribution in [1.29, 1.82) is 0 Å². The number of carbonyl (C=O) groups excluding carboxylic acids is 2. The van der Waals surface area contributed by atoms with Crippen LogP contribution in [0.3, 0.4) is 0 Å². The molecule has 0 saturated carbocycles. The number of aliphatic carboxylic acids is 1. The molecule has 0 aliphatic carbocycles. The van der Waals surface area contributed by atoms with Crippen LogP contribution < -0.4 is 16.4 Å². The zero-order valence-corrected chi connectivity index (χ0v) is 14.0. The minimum Gasteiger partial charge on any atom is -0.480 e. The lowest BCUT2D eigenvalue weighted by atomic mass is 9.97. The number of nitrogens with one attached hydrogen (secondary N) is 2. The van der Waals surface area contributed by atoms with Crippen LogP contribution in [-0.4, -0.2) is 41.5 Å². The number of hydrogen-bond donors (Lipinski definition) is 4. The van der Waals surface area contributed by atoms with Crippen LogP contribution in [0.25, 0.3) is 0 Å². The number of hydrogen-bond acceptors (Lipinski definition) is 4. The third kappa shape index (κ3) is 6.00. The zero-order chi connectivity index (χ0) is 18.1. The summed E-state index contributed by atoms with van der Waals surface area (Å²) in [4.78, 5) is 35.5. The molecule has 24 heavy (non-hydrogen) atoms. The van der Waals surface area contributed by atoms with Gasteiger partial charge in [0, 0.05) is 6.42 Å². The molecule has 7 nitrogen and oxygen atoms in total. The van der Waals surface area contributed by atoms with E-state index in [1.54, 1.807) is 24.3 Å². The van der Waals surface area contributed by atoms with Crippen LogP contribution in [0.2, 0.25) is 0 Å². The lowest BCUT2D eigenvalue weighted by molar-refractivity contribution is -0.142. The van der Waals surface area contributed by atoms with Crippen LogP contribution in [0.5, 0.6) is 0 Å². The van der Waals surface area contributed by atoms with Crippen molar-refractivity contribution in [3.8, 4) is 0 Å². The van der Waals surface area contributed by atoms with E-state index in [2.05, 4.69) is 10.6 Å². The van der Waals surface area contributed by atoms with Crippen LogP contribution in [0.4, 0.5) is 0 Å². The first-order valence-electron chi connectivity index (χ1n) is 7.95. The van der Waals surface area contributed by atoms with E-state index in [1.165, 1.54) is 0 Å². The molecule has 0 spiro atoms. The topological polar surface area (TPSA) is 122 Å². The normalized spacial score (nSPS) is 14.3. The zero-order valence-electron chi connectivity index (χ0n) is 14.0. The van der Waals surface area contributed by atoms with Crippen molar-refractivity contribution in [2.45, 2.75) is 38.8 Å². The second-order valence-electron chi connectivity index (χ2n) is 5.72. The first-order chi connectivity index (χ1) is 11.4. The Morgan fingerprint density at radius 2 is 1.79 bits per heavy atom. The van der Waals surface area contributed by atoms with Crippen molar-refractivity contribution in [3.63, 3.8) is 0 Å². The maximum absolute atomic E-state index is 12.5. The fourth-order valence-corrected chi connectivity index (χ4v) is 2.25. The van der Waals surface area contributed by atoms with Gasteiger partial charge in [-0.15, -0.1) is 0 Å². The van der Waals surface area contributed by atoms with E-state index >= 15 is 0 Å². The highest BCUT2D eigenvalue weighted by molar-refractivity contribution is 5.91. The maximum Gasteiger partial charge on any atom is 0.326 e. The summed E-state index contributed by atoms with van der Waals surface area (Å²) in [5.74, 6) is -2.24. The summed E-state index contributed by atoms with van der Waals surface area (Å²) >= 11 is 0. The van der Waals surface area contributed by atoms with Gasteiger partial charge in [0.15, 0.2) is 0 Å². The Bertz CT molecular complexity index is 562. The predicted octanol–water partition coefficient (Wildman–Crippen LogP) is 0.288. The van der Waals surface area contributed by atoms with E-state index in [0.717, 1.165) is 5.56 Å². The van der Waals surface area contributed by atoms with E-state index in [0.29, 0.717) is 6.42 Å². The average Bonchev–Trinajstić information content (AvgIpc) is 2.58. The molecular formula is C17H25N3O4. The standard InChI is InChI=1S/C17H25N3O4/c1-3-11(2)15(20-14(21)10-18)16(22)19-13(17(23)24)9-12-7-5-4-6-8-12/h4-8,11,13,15H,3,9-10,18H2,1-2H3,(H,19,22)(H,20,21)(H,23,24). The molecule has 3 atom stereocenters. The van der Waals surface area contributed by atoms with Crippen molar-refractivity contribution in [1.82, 2.24) is 10.6 Å². The van der Waals surface area contributed by atoms with E-state index in [9.17, 15) is 19.5 Å². The number of carboxylic acids is 1. The van der Waals surface area contributed by atoms with Crippen molar-refractivity contribution in [2.24, 2.45) is 11.7 Å². The first kappa shape index (κ1) is 19.6. The van der Waals surface area contributed by atoms with Gasteiger partial charge in [0.1, 0.15) is 12.1 Å². The molecule has 0 fully saturated rings. The number of carbonyl (C=O) groups is 3. The van der Waals surface area contributed by atoms with Gasteiger partial charge in [0.05, 0.1) is 6.54 Å². The smallest absolute Gasteiger partial charge is 0.326 e. The van der Waals surface area contributed by atoms with Gasteiger partial charge >= 0.3 is 5.97 Å². The van der Waals surface area contributed by atoms with Crippen LogP contribution in [0, 0.1) is 5.92 Å². The number of benzene rings is 1. The first-order valence-corrected chi connectivity index (χ1v) is 7.95. The quantitative estimate of drug-likeness (QED) is 0.517. The van der Waals surface area contributed by atoms with Crippen LogP contribution in [-0.2, 0) is 20.8 Å². The molecule has 0 aliphatic heterocycles. The number of rotatable bonds is 9. The van der Waals surface area contributed by atoms with Gasteiger partial charge in [-0.3, -0.25) is 9.59 Å². The van der Waals surface area contributed by atoms with Crippen molar-refractivity contribution in [3.05, 3.63) is 35.9 Å². The van der Waals surface area contributed by atoms with Gasteiger partial charge < -0.3 is 21.5 Å². The SMILES string of the molecule is CCC(C)C(NC(=O)CN)C(=O)NC(Cc1ccccc1)C(=O)O. The summed E-state index contributed by atoms with van der Waals surface area (Å²) in [7, 11) is 0. The highest BCUT2D eigenvalue weighted by atomic mass is 16.4. The van der Waals surface area contributed by atoms with Gasteiger partial charge in [0.25, 0.3) is 0 Å². The van der Waals surface area contributed by atoms with E-state index in [4.69, 9.17) is 5.73 Å². The van der Waals surface area contributed by atoms with Gasteiger partial charge in [-0.25, -0.2) is 4.79 Å². The highest BCUT2D eigenvalue weighted by Gasteiger charge is 2.29. The number of carboxylic acid groups (broad SMARTS) is 1. The molecule has 0 bridgehead atoms. The molecule has 0 heterocycles. The molecule has 0 radical (unpaired) electrons. The van der Waals surface area contributed by atoms with E-state index < -0.39 is 29.9 Å². The molecule has 132 valence electrons. The Morgan fingerprint density at radius 3 is 2.29 bits per heavy atom. The number of nitrogens with two attached hydrogens (primary N) is 1. The number of amides is 2. The Morgan fingerprint density at radius 1 is 1.17 bits per heavy atom. The summed E-state index contributed by atoms with van der Waals surface area (Å²) in [6.07, 6.45) is 0.819. The van der Waals surface area contributed by atoms with Crippen LogP contribution in [0.1, 0.15) is 25.8 Å². The molecule has 1 rings (SSSR count). The molecule has 2 amide bonds. The largest absolute Gasteiger partial charge is 0.480 e. The third-order valence-electron chi connectivity index (χ3n) is 3.89. The lowest BCUT2D eigenvalue weighted by Crippen LogP contribution is -2.55. The van der Waals surface area contributed by atoms with Crippen molar-refractivity contribution >= 4 is 17.8 Å². The Hall–Kier alpha value is -2.41. The Labute approximate surface area is 141 Å². The Kier molecular flexibility index (Phi) is 7.91. The predicted molar refractivity (Wildman–Crippen MR) is 90.2 cm³/mol. The Balaban J connectivity index is 2.83. The summed E-state index contributed by atoms with van der Waals surface area (Å²) in [6.45, 7) is 3.47. The molecule has 1 aromatic carbocycles. The molecule has 3 unspecified atom stereocenters. The lowest BCUT2D eigenvalue weighted by Gasteiger charge is -2.25. The van der Waals surface area contributed by atoms with E-state index in [1.807, 2.05) is 19.9 Å². The molecule has 7 heteroatoms. The molecule has 0 aromatic heterocycles. The molecular weight excluding hydrogens is 310 g/mol. The molecule has 0 aliphatic rings. The fourth-order valence-electron chi connectivity index (χ4n) is 2.25. The van der Waals surface area contributed by atoms with Gasteiger partial charge in [0.2, 0.25) is 11.8 Å². The third-order valence-corrected chi connectivity index (χ3v) is 3.89. The summed E-state index contributed by atoms with van der Waals surface area (Å²) in [6, 6.07) is 7.15. The van der Waals surface area contributed by atoms with Crippen LogP contribution in [0.15, 0.2) is 30.3 Å². The summed E-state index contributed by atoms with van der Waals surface area (Å²) < 4.78 is 0. The monoisotopic (exact) mass is 335 g/mol. The fraction of sp³-hybridized carbons (Fsp3) is 0.471. The van der Waals surface area contributed by atoms with Crippen molar-refractivity contribution in [2.75, 3.05) is 6.54 Å². The summed E-state index contributed by atoms with van der Waals surface area (Å²) in [5.41, 5.74) is 6.08. The minimum absolute atomic E-state index is 0.147. The maximum atomic E-state index is 12.5. The average molecular weight is 335 g/mol. The van der Waals surface area contributed by atoms with Crippen molar-refractivity contribution < 1.29 is 19.5 Å². The summed E-state index contributed by atoms with van der Waals surface area (Å²) in [5, 5.41) is 14.4. The van der Waals surface area contributed by atoms with Gasteiger partial charge in [-0.05, 0) is 11.5 Å². The molecule has 5 N–H and O–H groups in total. The highest BCUT2D eigenvalue weighted by Crippen LogP contribution is 2.10. The molecule has 0 saturated heterocycles. The van der Waals surface area contributed by atoms with E-state index in [-0.39, 0.29) is 18.9 Å². The van der Waals surface area contributed by atoms with Gasteiger partial charge in [-0.1, -0.05) is 50.6 Å². The molecule has 1 aromatic rings.